The third-order valence-electron chi connectivity index (χ3n) is 8.20. The molecule has 0 amide bonds. The minimum atomic E-state index is -1.14. The Balaban J connectivity index is 1.82. The Labute approximate surface area is 143 Å². The topological polar surface area (TPSA) is 70.7 Å². The molecular formula is C20H28O4. The van der Waals surface area contributed by atoms with E-state index in [0.29, 0.717) is 24.7 Å². The van der Waals surface area contributed by atoms with Crippen molar-refractivity contribution in [2.45, 2.75) is 70.8 Å². The van der Waals surface area contributed by atoms with Gasteiger partial charge in [0.1, 0.15) is 5.76 Å². The van der Waals surface area contributed by atoms with Crippen molar-refractivity contribution in [3.63, 3.8) is 0 Å². The van der Waals surface area contributed by atoms with E-state index < -0.39 is 17.0 Å². The molecule has 0 aliphatic heterocycles. The highest BCUT2D eigenvalue weighted by Crippen LogP contribution is 2.66. The van der Waals surface area contributed by atoms with Crippen molar-refractivity contribution >= 4 is 5.97 Å². The molecule has 0 unspecified atom stereocenters. The number of carbonyl (C=O) groups is 1. The van der Waals surface area contributed by atoms with Crippen LogP contribution in [0.1, 0.15) is 70.1 Å². The van der Waals surface area contributed by atoms with Crippen molar-refractivity contribution in [1.82, 2.24) is 0 Å². The van der Waals surface area contributed by atoms with Gasteiger partial charge in [-0.15, -0.1) is 0 Å². The van der Waals surface area contributed by atoms with E-state index in [1.165, 1.54) is 5.56 Å². The third-order valence-corrected chi connectivity index (χ3v) is 8.20. The van der Waals surface area contributed by atoms with E-state index >= 15 is 0 Å². The number of hydrogen-bond donors (Lipinski definition) is 2. The first-order chi connectivity index (χ1) is 11.2. The molecule has 4 heteroatoms. The van der Waals surface area contributed by atoms with Gasteiger partial charge in [-0.3, -0.25) is 4.79 Å². The lowest BCUT2D eigenvalue weighted by Crippen LogP contribution is -2.69. The van der Waals surface area contributed by atoms with E-state index in [4.69, 9.17) is 4.42 Å². The van der Waals surface area contributed by atoms with Gasteiger partial charge in [0.15, 0.2) is 0 Å². The number of hydrogen-bond acceptors (Lipinski definition) is 3. The van der Waals surface area contributed by atoms with Crippen molar-refractivity contribution in [2.75, 3.05) is 0 Å². The number of furan rings is 1. The molecule has 1 aromatic heterocycles. The van der Waals surface area contributed by atoms with Crippen LogP contribution in [0, 0.1) is 22.7 Å². The maximum absolute atomic E-state index is 12.1. The van der Waals surface area contributed by atoms with Gasteiger partial charge in [0.25, 0.3) is 0 Å². The van der Waals surface area contributed by atoms with Gasteiger partial charge in [0.2, 0.25) is 0 Å². The highest BCUT2D eigenvalue weighted by Gasteiger charge is 2.68. The van der Waals surface area contributed by atoms with Gasteiger partial charge in [-0.1, -0.05) is 20.3 Å². The number of carboxylic acid groups (broad SMARTS) is 1. The van der Waals surface area contributed by atoms with Crippen LogP contribution in [-0.2, 0) is 11.2 Å². The maximum Gasteiger partial charge on any atom is 0.312 e. The first-order valence-corrected chi connectivity index (χ1v) is 9.27. The average molecular weight is 332 g/mol. The minimum Gasteiger partial charge on any atom is -0.481 e. The Bertz CT molecular complexity index is 679. The quantitative estimate of drug-likeness (QED) is 0.816. The first kappa shape index (κ1) is 16.2. The van der Waals surface area contributed by atoms with Crippen LogP contribution in [0.25, 0.3) is 0 Å². The Kier molecular flexibility index (Phi) is 3.29. The molecule has 4 rings (SSSR count). The summed E-state index contributed by atoms with van der Waals surface area (Å²) in [7, 11) is 0. The monoisotopic (exact) mass is 332 g/mol. The SMILES string of the molecule is C[C@H]1c2ccoc2C[C@@H]2[C@@H]1CC[C@@]1(O)[C@@](C)(C(=O)O)CCC[C@]21C. The molecule has 2 fully saturated rings. The molecule has 132 valence electrons. The fourth-order valence-electron chi connectivity index (χ4n) is 6.57. The molecule has 0 aromatic carbocycles. The second kappa shape index (κ2) is 4.87. The van der Waals surface area contributed by atoms with Gasteiger partial charge in [-0.25, -0.2) is 0 Å². The molecule has 4 nitrogen and oxygen atoms in total. The van der Waals surface area contributed by atoms with Crippen LogP contribution in [0.2, 0.25) is 0 Å². The number of carboxylic acids is 1. The molecule has 0 saturated heterocycles. The van der Waals surface area contributed by atoms with Crippen LogP contribution in [0.5, 0.6) is 0 Å². The Morgan fingerprint density at radius 3 is 2.75 bits per heavy atom. The molecule has 0 spiro atoms. The van der Waals surface area contributed by atoms with Crippen LogP contribution in [0.15, 0.2) is 16.7 Å². The van der Waals surface area contributed by atoms with E-state index in [0.717, 1.165) is 31.4 Å². The number of aliphatic carboxylic acids is 1. The summed E-state index contributed by atoms with van der Waals surface area (Å²) in [5.41, 5.74) is -1.27. The van der Waals surface area contributed by atoms with Crippen molar-refractivity contribution in [3.05, 3.63) is 23.7 Å². The summed E-state index contributed by atoms with van der Waals surface area (Å²) in [6, 6.07) is 2.08. The fourth-order valence-corrected chi connectivity index (χ4v) is 6.57. The molecule has 0 bridgehead atoms. The standard InChI is InChI=1S/C20H28O4/c1-12-13-5-9-20(23)18(2,7-4-8-19(20,3)17(21)22)15(13)11-16-14(12)6-10-24-16/h6,10,12-13,15,23H,4-5,7-9,11H2,1-3H3,(H,21,22)/t12-,13-,15-,18-,19-,20+/m1/s1. The summed E-state index contributed by atoms with van der Waals surface area (Å²) in [5, 5.41) is 21.7. The summed E-state index contributed by atoms with van der Waals surface area (Å²) >= 11 is 0. The number of rotatable bonds is 1. The largest absolute Gasteiger partial charge is 0.481 e. The zero-order chi connectivity index (χ0) is 17.3. The molecule has 0 radical (unpaired) electrons. The zero-order valence-corrected chi connectivity index (χ0v) is 14.8. The van der Waals surface area contributed by atoms with Crippen LogP contribution in [0.3, 0.4) is 0 Å². The second-order valence-corrected chi connectivity index (χ2v) is 8.87. The molecule has 6 atom stereocenters. The van der Waals surface area contributed by atoms with E-state index in [-0.39, 0.29) is 11.3 Å². The summed E-state index contributed by atoms with van der Waals surface area (Å²) in [6.45, 7) is 6.17. The Hall–Kier alpha value is -1.29. The third kappa shape index (κ3) is 1.70. The normalized spacial score (nSPS) is 47.4. The second-order valence-electron chi connectivity index (χ2n) is 8.87. The Morgan fingerprint density at radius 2 is 2.04 bits per heavy atom. The molecule has 2 saturated carbocycles. The van der Waals surface area contributed by atoms with Crippen LogP contribution in [0.4, 0.5) is 0 Å². The summed E-state index contributed by atoms with van der Waals surface area (Å²) in [6.07, 6.45) is 6.41. The average Bonchev–Trinajstić information content (AvgIpc) is 2.99. The van der Waals surface area contributed by atoms with Gasteiger partial charge in [-0.05, 0) is 62.0 Å². The highest BCUT2D eigenvalue weighted by atomic mass is 16.4. The molecule has 3 aliphatic rings. The molecule has 1 aromatic rings. The molecular weight excluding hydrogens is 304 g/mol. The van der Waals surface area contributed by atoms with Gasteiger partial charge >= 0.3 is 5.97 Å². The van der Waals surface area contributed by atoms with Gasteiger partial charge in [0, 0.05) is 11.8 Å². The molecule has 3 aliphatic carbocycles. The van der Waals surface area contributed by atoms with Crippen molar-refractivity contribution < 1.29 is 19.4 Å². The maximum atomic E-state index is 12.1. The predicted octanol–water partition coefficient (Wildman–Crippen LogP) is 3.98. The lowest BCUT2D eigenvalue weighted by Gasteiger charge is -2.65. The minimum absolute atomic E-state index is 0.281. The van der Waals surface area contributed by atoms with Gasteiger partial charge in [0.05, 0.1) is 17.3 Å². The number of fused-ring (bicyclic) bond motifs is 4. The van der Waals surface area contributed by atoms with E-state index in [9.17, 15) is 15.0 Å². The zero-order valence-electron chi connectivity index (χ0n) is 14.8. The van der Waals surface area contributed by atoms with Crippen LogP contribution >= 0.6 is 0 Å². The lowest BCUT2D eigenvalue weighted by molar-refractivity contribution is -0.247. The molecule has 24 heavy (non-hydrogen) atoms. The smallest absolute Gasteiger partial charge is 0.312 e. The van der Waals surface area contributed by atoms with Crippen molar-refractivity contribution in [3.8, 4) is 0 Å². The summed E-state index contributed by atoms with van der Waals surface area (Å²) in [5.74, 6) is 1.38. The predicted molar refractivity (Wildman–Crippen MR) is 89.7 cm³/mol. The number of aliphatic hydroxyl groups is 1. The van der Waals surface area contributed by atoms with Crippen molar-refractivity contribution in [2.24, 2.45) is 22.7 Å². The molecule has 2 N–H and O–H groups in total. The Morgan fingerprint density at radius 1 is 1.29 bits per heavy atom. The van der Waals surface area contributed by atoms with Crippen molar-refractivity contribution in [1.29, 1.82) is 0 Å². The van der Waals surface area contributed by atoms with Gasteiger partial charge < -0.3 is 14.6 Å². The fraction of sp³-hybridized carbons (Fsp3) is 0.750. The van der Waals surface area contributed by atoms with E-state index in [1.54, 1.807) is 13.2 Å². The molecule has 1 heterocycles. The van der Waals surface area contributed by atoms with E-state index in [2.05, 4.69) is 19.9 Å². The highest BCUT2D eigenvalue weighted by molar-refractivity contribution is 5.76. The van der Waals surface area contributed by atoms with Crippen LogP contribution < -0.4 is 0 Å². The first-order valence-electron chi connectivity index (χ1n) is 9.27. The van der Waals surface area contributed by atoms with E-state index in [1.807, 2.05) is 0 Å². The summed E-state index contributed by atoms with van der Waals surface area (Å²) in [4.78, 5) is 12.1. The lowest BCUT2D eigenvalue weighted by atomic mass is 9.41. The summed E-state index contributed by atoms with van der Waals surface area (Å²) < 4.78 is 5.73. The van der Waals surface area contributed by atoms with Crippen LogP contribution in [-0.4, -0.2) is 21.8 Å². The van der Waals surface area contributed by atoms with Gasteiger partial charge in [-0.2, -0.15) is 0 Å².